The Morgan fingerprint density at radius 1 is 1.08 bits per heavy atom. The smallest absolute Gasteiger partial charge is 0.254 e. The minimum absolute atomic E-state index is 0.0802. The molecule has 0 spiro atoms. The van der Waals surface area contributed by atoms with Crippen LogP contribution in [0.25, 0.3) is 0 Å². The monoisotopic (exact) mass is 511 g/mol. The topological polar surface area (TPSA) is 102 Å². The van der Waals surface area contributed by atoms with E-state index in [2.05, 4.69) is 35.1 Å². The number of nitriles is 2. The van der Waals surface area contributed by atoms with Gasteiger partial charge in [-0.3, -0.25) is 9.69 Å². The van der Waals surface area contributed by atoms with Crippen molar-refractivity contribution in [2.45, 2.75) is 51.3 Å². The Labute approximate surface area is 222 Å². The van der Waals surface area contributed by atoms with Crippen molar-refractivity contribution in [2.75, 3.05) is 13.1 Å². The summed E-state index contributed by atoms with van der Waals surface area (Å²) in [5, 5.41) is 21.1. The number of halogens is 1. The van der Waals surface area contributed by atoms with Gasteiger partial charge in [-0.05, 0) is 60.7 Å². The molecule has 2 heterocycles. The summed E-state index contributed by atoms with van der Waals surface area (Å²) in [6, 6.07) is 18.9. The number of carbonyl (C=O) groups excluding carboxylic acids is 1. The second-order valence-corrected chi connectivity index (χ2v) is 9.38. The zero-order valence-corrected chi connectivity index (χ0v) is 21.5. The zero-order chi connectivity index (χ0) is 27.1. The second-order valence-electron chi connectivity index (χ2n) is 9.38. The third kappa shape index (κ3) is 6.16. The molecule has 1 aliphatic rings. The maximum absolute atomic E-state index is 14.4. The molecule has 7 nitrogen and oxygen atoms in total. The van der Waals surface area contributed by atoms with Gasteiger partial charge in [-0.15, -0.1) is 0 Å². The summed E-state index contributed by atoms with van der Waals surface area (Å²) in [7, 11) is 0. The van der Waals surface area contributed by atoms with E-state index in [-0.39, 0.29) is 29.3 Å². The van der Waals surface area contributed by atoms with E-state index in [0.717, 1.165) is 30.0 Å². The first kappa shape index (κ1) is 26.8. The Bertz CT molecular complexity index is 1340. The van der Waals surface area contributed by atoms with Gasteiger partial charge in [0.05, 0.1) is 41.0 Å². The fourth-order valence-corrected chi connectivity index (χ4v) is 4.77. The van der Waals surface area contributed by atoms with E-state index in [0.29, 0.717) is 31.0 Å². The molecule has 1 aliphatic heterocycles. The highest BCUT2D eigenvalue weighted by molar-refractivity contribution is 5.94. The van der Waals surface area contributed by atoms with Crippen molar-refractivity contribution in [2.24, 2.45) is 0 Å². The van der Waals surface area contributed by atoms with Crippen LogP contribution >= 0.6 is 0 Å². The molecule has 4 rings (SSSR count). The third-order valence-electron chi connectivity index (χ3n) is 6.89. The number of nitrogens with zero attached hydrogens (tertiary/aromatic N) is 4. The van der Waals surface area contributed by atoms with Crippen LogP contribution in [-0.2, 0) is 0 Å². The average Bonchev–Trinajstić information content (AvgIpc) is 3.40. The highest BCUT2D eigenvalue weighted by Gasteiger charge is 2.32. The van der Waals surface area contributed by atoms with Crippen LogP contribution in [0, 0.1) is 28.5 Å². The SMILES string of the molecule is CCC(CC)Oc1ccc(C(c2ccc(C#N)cc2)N2CC[C@@H](NC(=O)c3ccc(C#N)cc3F)C2)cn1. The Morgan fingerprint density at radius 3 is 2.37 bits per heavy atom. The number of rotatable bonds is 9. The quantitative estimate of drug-likeness (QED) is 0.428. The summed E-state index contributed by atoms with van der Waals surface area (Å²) < 4.78 is 20.3. The molecule has 38 heavy (non-hydrogen) atoms. The van der Waals surface area contributed by atoms with Crippen LogP contribution in [0.1, 0.15) is 71.8 Å². The lowest BCUT2D eigenvalue weighted by molar-refractivity contribution is 0.0932. The first-order valence-electron chi connectivity index (χ1n) is 12.8. The van der Waals surface area contributed by atoms with Crippen LogP contribution in [0.5, 0.6) is 5.88 Å². The predicted molar refractivity (Wildman–Crippen MR) is 141 cm³/mol. The summed E-state index contributed by atoms with van der Waals surface area (Å²) in [5.74, 6) is -0.635. The molecule has 3 aromatic rings. The van der Waals surface area contributed by atoms with Crippen LogP contribution in [0.2, 0.25) is 0 Å². The first-order valence-corrected chi connectivity index (χ1v) is 12.8. The summed E-state index contributed by atoms with van der Waals surface area (Å²) >= 11 is 0. The van der Waals surface area contributed by atoms with E-state index in [4.69, 9.17) is 10.00 Å². The first-order chi connectivity index (χ1) is 18.4. The summed E-state index contributed by atoms with van der Waals surface area (Å²) in [5.41, 5.74) is 2.64. The molecule has 1 N–H and O–H groups in total. The van der Waals surface area contributed by atoms with E-state index < -0.39 is 11.7 Å². The van der Waals surface area contributed by atoms with Crippen LogP contribution in [0.4, 0.5) is 4.39 Å². The minimum atomic E-state index is -0.714. The molecule has 1 aromatic heterocycles. The van der Waals surface area contributed by atoms with Crippen molar-refractivity contribution < 1.29 is 13.9 Å². The van der Waals surface area contributed by atoms with Gasteiger partial charge >= 0.3 is 0 Å². The van der Waals surface area contributed by atoms with Crippen LogP contribution in [-0.4, -0.2) is 41.0 Å². The highest BCUT2D eigenvalue weighted by Crippen LogP contribution is 2.32. The van der Waals surface area contributed by atoms with Crippen molar-refractivity contribution in [3.63, 3.8) is 0 Å². The van der Waals surface area contributed by atoms with Crippen LogP contribution in [0.3, 0.4) is 0 Å². The zero-order valence-electron chi connectivity index (χ0n) is 21.5. The lowest BCUT2D eigenvalue weighted by Crippen LogP contribution is -2.38. The van der Waals surface area contributed by atoms with E-state index in [1.54, 1.807) is 12.1 Å². The normalized spacial score (nSPS) is 16.0. The van der Waals surface area contributed by atoms with Gasteiger partial charge in [0.2, 0.25) is 5.88 Å². The van der Waals surface area contributed by atoms with Crippen molar-refractivity contribution in [3.05, 3.63) is 94.4 Å². The van der Waals surface area contributed by atoms with Gasteiger partial charge in [0.25, 0.3) is 5.91 Å². The number of carbonyl (C=O) groups is 1. The van der Waals surface area contributed by atoms with Crippen LogP contribution < -0.4 is 10.1 Å². The van der Waals surface area contributed by atoms with Gasteiger partial charge in [0.1, 0.15) is 5.82 Å². The Balaban J connectivity index is 1.53. The van der Waals surface area contributed by atoms with Gasteiger partial charge in [-0.1, -0.05) is 32.0 Å². The molecule has 2 aromatic carbocycles. The molecule has 1 fully saturated rings. The van der Waals surface area contributed by atoms with Gasteiger partial charge in [0, 0.05) is 31.4 Å². The third-order valence-corrected chi connectivity index (χ3v) is 6.89. The molecule has 8 heteroatoms. The van der Waals surface area contributed by atoms with E-state index in [1.807, 2.05) is 36.5 Å². The molecule has 0 bridgehead atoms. The largest absolute Gasteiger partial charge is 0.474 e. The molecule has 1 amide bonds. The van der Waals surface area contributed by atoms with Crippen molar-refractivity contribution >= 4 is 5.91 Å². The molecule has 0 aliphatic carbocycles. The lowest BCUT2D eigenvalue weighted by atomic mass is 9.97. The van der Waals surface area contributed by atoms with Gasteiger partial charge in [0.15, 0.2) is 0 Å². The summed E-state index contributed by atoms with van der Waals surface area (Å²) in [6.07, 6.45) is 4.44. The number of hydrogen-bond acceptors (Lipinski definition) is 6. The Hall–Kier alpha value is -4.27. The van der Waals surface area contributed by atoms with Gasteiger partial charge < -0.3 is 10.1 Å². The minimum Gasteiger partial charge on any atom is -0.474 e. The molecule has 0 saturated carbocycles. The second kappa shape index (κ2) is 12.3. The number of likely N-dealkylation sites (tertiary alicyclic amines) is 1. The lowest BCUT2D eigenvalue weighted by Gasteiger charge is -2.29. The van der Waals surface area contributed by atoms with Crippen molar-refractivity contribution in [3.8, 4) is 18.0 Å². The van der Waals surface area contributed by atoms with E-state index >= 15 is 0 Å². The number of benzene rings is 2. The molecular formula is C30H30FN5O2. The van der Waals surface area contributed by atoms with Crippen molar-refractivity contribution in [1.82, 2.24) is 15.2 Å². The maximum Gasteiger partial charge on any atom is 0.254 e. The molecule has 194 valence electrons. The fraction of sp³-hybridized carbons (Fsp3) is 0.333. The van der Waals surface area contributed by atoms with Gasteiger partial charge in [-0.2, -0.15) is 10.5 Å². The maximum atomic E-state index is 14.4. The molecular weight excluding hydrogens is 481 g/mol. The average molecular weight is 512 g/mol. The number of amides is 1. The van der Waals surface area contributed by atoms with E-state index in [1.165, 1.54) is 12.1 Å². The number of aromatic nitrogens is 1. The highest BCUT2D eigenvalue weighted by atomic mass is 19.1. The van der Waals surface area contributed by atoms with E-state index in [9.17, 15) is 14.4 Å². The standard InChI is InChI=1S/C30H30FN5O2/c1-3-25(4-2)38-28-12-10-23(18-34-28)29(22-8-5-20(16-32)6-9-22)36-14-13-24(19-36)35-30(37)26-11-7-21(17-33)15-27(26)31/h5-12,15,18,24-25,29H,3-4,13-14,19H2,1-2H3,(H,35,37)/t24-,29?/m1/s1. The fourth-order valence-electron chi connectivity index (χ4n) is 4.77. The predicted octanol–water partition coefficient (Wildman–Crippen LogP) is 5.13. The van der Waals surface area contributed by atoms with Gasteiger partial charge in [-0.25, -0.2) is 9.37 Å². The number of hydrogen-bond donors (Lipinski definition) is 1. The van der Waals surface area contributed by atoms with Crippen molar-refractivity contribution in [1.29, 1.82) is 10.5 Å². The molecule has 0 radical (unpaired) electrons. The number of ether oxygens (including phenoxy) is 1. The number of pyridine rings is 1. The number of nitrogens with one attached hydrogen (secondary N) is 1. The molecule has 1 saturated heterocycles. The molecule has 2 atom stereocenters. The summed E-state index contributed by atoms with van der Waals surface area (Å²) in [4.78, 5) is 19.6. The Morgan fingerprint density at radius 2 is 1.76 bits per heavy atom. The summed E-state index contributed by atoms with van der Waals surface area (Å²) in [6.45, 7) is 5.43. The Kier molecular flexibility index (Phi) is 8.68. The van der Waals surface area contributed by atoms with Crippen LogP contribution in [0.15, 0.2) is 60.8 Å². The molecule has 1 unspecified atom stereocenters.